The maximum absolute atomic E-state index is 13.2. The van der Waals surface area contributed by atoms with Crippen LogP contribution >= 0.6 is 0 Å². The molecule has 3 aromatic rings. The molecule has 0 atom stereocenters. The molecule has 0 saturated heterocycles. The fourth-order valence-corrected chi connectivity index (χ4v) is 3.68. The van der Waals surface area contributed by atoms with Crippen molar-refractivity contribution < 1.29 is 22.3 Å². The predicted molar refractivity (Wildman–Crippen MR) is 114 cm³/mol. The molecule has 0 saturated carbocycles. The minimum atomic E-state index is -3.88. The number of sulfonamides is 1. The number of benzene rings is 3. The average molecular weight is 428 g/mol. The first kappa shape index (κ1) is 21.3. The first-order chi connectivity index (χ1) is 14.2. The number of carbonyl (C=O) groups is 1. The molecule has 3 aromatic carbocycles. The van der Waals surface area contributed by atoms with Crippen LogP contribution in [0.15, 0.2) is 71.6 Å². The van der Waals surface area contributed by atoms with Crippen molar-refractivity contribution in [1.82, 2.24) is 0 Å². The van der Waals surface area contributed by atoms with E-state index in [-0.39, 0.29) is 23.1 Å². The zero-order valence-electron chi connectivity index (χ0n) is 16.5. The molecule has 30 heavy (non-hydrogen) atoms. The molecule has 2 N–H and O–H groups in total. The molecule has 0 unspecified atom stereocenters. The summed E-state index contributed by atoms with van der Waals surface area (Å²) in [5.74, 6) is -0.323. The molecular weight excluding hydrogens is 407 g/mol. The van der Waals surface area contributed by atoms with Gasteiger partial charge in [0.25, 0.3) is 15.9 Å². The Morgan fingerprint density at radius 2 is 1.67 bits per heavy atom. The lowest BCUT2D eigenvalue weighted by Gasteiger charge is -2.11. The second-order valence-electron chi connectivity index (χ2n) is 6.72. The maximum Gasteiger partial charge on any atom is 0.262 e. The third-order valence-electron chi connectivity index (χ3n) is 4.37. The molecule has 6 nitrogen and oxygen atoms in total. The van der Waals surface area contributed by atoms with E-state index in [2.05, 4.69) is 10.0 Å². The van der Waals surface area contributed by atoms with Crippen LogP contribution in [0.5, 0.6) is 5.75 Å². The smallest absolute Gasteiger partial charge is 0.262 e. The van der Waals surface area contributed by atoms with Gasteiger partial charge in [-0.2, -0.15) is 0 Å². The molecule has 0 fully saturated rings. The van der Waals surface area contributed by atoms with E-state index < -0.39 is 15.8 Å². The Bertz CT molecular complexity index is 1160. The molecule has 0 aliphatic rings. The van der Waals surface area contributed by atoms with Crippen molar-refractivity contribution in [2.75, 3.05) is 16.6 Å². The summed E-state index contributed by atoms with van der Waals surface area (Å²) in [7, 11) is -3.88. The molecule has 3 rings (SSSR count). The second kappa shape index (κ2) is 8.96. The summed E-state index contributed by atoms with van der Waals surface area (Å²) in [5.41, 5.74) is 2.74. The summed E-state index contributed by atoms with van der Waals surface area (Å²) in [6, 6.07) is 16.4. The minimum absolute atomic E-state index is 0.0175. The highest BCUT2D eigenvalue weighted by Crippen LogP contribution is 2.19. The van der Waals surface area contributed by atoms with E-state index in [1.807, 2.05) is 26.0 Å². The van der Waals surface area contributed by atoms with E-state index in [1.165, 1.54) is 42.5 Å². The summed E-state index contributed by atoms with van der Waals surface area (Å²) in [6.07, 6.45) is 0. The van der Waals surface area contributed by atoms with Crippen molar-refractivity contribution in [3.05, 3.63) is 83.7 Å². The number of hydrogen-bond donors (Lipinski definition) is 2. The van der Waals surface area contributed by atoms with E-state index in [0.29, 0.717) is 11.4 Å². The highest BCUT2D eigenvalue weighted by molar-refractivity contribution is 7.92. The Kier molecular flexibility index (Phi) is 6.37. The Morgan fingerprint density at radius 3 is 2.33 bits per heavy atom. The fourth-order valence-electron chi connectivity index (χ4n) is 2.63. The lowest BCUT2D eigenvalue weighted by molar-refractivity contribution is -0.118. The van der Waals surface area contributed by atoms with Crippen LogP contribution in [0.2, 0.25) is 0 Å². The number of ether oxygens (including phenoxy) is 1. The zero-order valence-corrected chi connectivity index (χ0v) is 17.3. The van der Waals surface area contributed by atoms with Gasteiger partial charge in [0.15, 0.2) is 6.61 Å². The van der Waals surface area contributed by atoms with Crippen LogP contribution in [0.4, 0.5) is 15.8 Å². The highest BCUT2D eigenvalue weighted by Gasteiger charge is 2.15. The molecule has 0 heterocycles. The van der Waals surface area contributed by atoms with Crippen LogP contribution in [-0.4, -0.2) is 20.9 Å². The molecule has 0 aromatic heterocycles. The number of anilines is 2. The van der Waals surface area contributed by atoms with Crippen molar-refractivity contribution in [2.24, 2.45) is 0 Å². The summed E-state index contributed by atoms with van der Waals surface area (Å²) in [6.45, 7) is 3.77. The number of amides is 1. The van der Waals surface area contributed by atoms with Crippen LogP contribution < -0.4 is 14.8 Å². The van der Waals surface area contributed by atoms with E-state index >= 15 is 0 Å². The van der Waals surface area contributed by atoms with Gasteiger partial charge in [0.2, 0.25) is 0 Å². The number of rotatable bonds is 7. The molecule has 0 bridgehead atoms. The SMILES string of the molecule is Cc1ccc(OCC(=O)Nc2ccc(S(=O)(=O)Nc3cccc(F)c3)cc2)cc1C. The number of hydrogen-bond acceptors (Lipinski definition) is 4. The molecule has 8 heteroatoms. The lowest BCUT2D eigenvalue weighted by Crippen LogP contribution is -2.20. The maximum atomic E-state index is 13.2. The van der Waals surface area contributed by atoms with E-state index in [0.717, 1.165) is 17.2 Å². The Balaban J connectivity index is 1.59. The number of carbonyl (C=O) groups excluding carboxylic acids is 1. The normalized spacial score (nSPS) is 11.0. The van der Waals surface area contributed by atoms with Crippen LogP contribution in [0.25, 0.3) is 0 Å². The molecule has 0 aliphatic heterocycles. The van der Waals surface area contributed by atoms with Gasteiger partial charge in [-0.25, -0.2) is 12.8 Å². The van der Waals surface area contributed by atoms with Crippen molar-refractivity contribution >= 4 is 27.3 Å². The first-order valence-corrected chi connectivity index (χ1v) is 10.6. The van der Waals surface area contributed by atoms with Crippen molar-refractivity contribution in [3.63, 3.8) is 0 Å². The molecular formula is C22H21FN2O4S. The third kappa shape index (κ3) is 5.57. The number of halogens is 1. The standard InChI is InChI=1S/C22H21FN2O4S/c1-15-6-9-20(12-16(15)2)29-14-22(26)24-18-7-10-21(11-8-18)30(27,28)25-19-5-3-4-17(23)13-19/h3-13,25H,14H2,1-2H3,(H,24,26). The third-order valence-corrected chi connectivity index (χ3v) is 5.77. The predicted octanol–water partition coefficient (Wildman–Crippen LogP) is 4.26. The van der Waals surface area contributed by atoms with Crippen molar-refractivity contribution in [3.8, 4) is 5.75 Å². The van der Waals surface area contributed by atoms with E-state index in [9.17, 15) is 17.6 Å². The van der Waals surface area contributed by atoms with Gasteiger partial charge in [-0.3, -0.25) is 9.52 Å². The molecule has 0 aliphatic carbocycles. The van der Waals surface area contributed by atoms with Crippen LogP contribution in [0, 0.1) is 19.7 Å². The quantitative estimate of drug-likeness (QED) is 0.589. The van der Waals surface area contributed by atoms with Gasteiger partial charge >= 0.3 is 0 Å². The Morgan fingerprint density at radius 1 is 0.933 bits per heavy atom. The van der Waals surface area contributed by atoms with Gasteiger partial charge < -0.3 is 10.1 Å². The van der Waals surface area contributed by atoms with Gasteiger partial charge in [0, 0.05) is 5.69 Å². The monoisotopic (exact) mass is 428 g/mol. The lowest BCUT2D eigenvalue weighted by atomic mass is 10.1. The Labute approximate surface area is 174 Å². The molecule has 1 amide bonds. The van der Waals surface area contributed by atoms with E-state index in [1.54, 1.807) is 6.07 Å². The largest absolute Gasteiger partial charge is 0.484 e. The molecule has 156 valence electrons. The Hall–Kier alpha value is -3.39. The summed E-state index contributed by atoms with van der Waals surface area (Å²) in [5, 5.41) is 2.65. The molecule has 0 radical (unpaired) electrons. The first-order valence-electron chi connectivity index (χ1n) is 9.11. The fraction of sp³-hybridized carbons (Fsp3) is 0.136. The zero-order chi connectivity index (χ0) is 21.7. The van der Waals surface area contributed by atoms with Crippen molar-refractivity contribution in [2.45, 2.75) is 18.7 Å². The van der Waals surface area contributed by atoms with Crippen LogP contribution in [0.1, 0.15) is 11.1 Å². The van der Waals surface area contributed by atoms with Gasteiger partial charge in [-0.15, -0.1) is 0 Å². The van der Waals surface area contributed by atoms with E-state index in [4.69, 9.17) is 4.74 Å². The topological polar surface area (TPSA) is 84.5 Å². The summed E-state index contributed by atoms with van der Waals surface area (Å²) in [4.78, 5) is 12.1. The number of nitrogens with one attached hydrogen (secondary N) is 2. The van der Waals surface area contributed by atoms with Crippen LogP contribution in [0.3, 0.4) is 0 Å². The average Bonchev–Trinajstić information content (AvgIpc) is 2.69. The van der Waals surface area contributed by atoms with Gasteiger partial charge in [0.1, 0.15) is 11.6 Å². The highest BCUT2D eigenvalue weighted by atomic mass is 32.2. The summed E-state index contributed by atoms with van der Waals surface area (Å²) < 4.78 is 45.9. The van der Waals surface area contributed by atoms with Gasteiger partial charge in [-0.1, -0.05) is 12.1 Å². The van der Waals surface area contributed by atoms with Gasteiger partial charge in [-0.05, 0) is 79.6 Å². The van der Waals surface area contributed by atoms with Crippen LogP contribution in [-0.2, 0) is 14.8 Å². The second-order valence-corrected chi connectivity index (χ2v) is 8.41. The summed E-state index contributed by atoms with van der Waals surface area (Å²) >= 11 is 0. The van der Waals surface area contributed by atoms with Gasteiger partial charge in [0.05, 0.1) is 10.6 Å². The van der Waals surface area contributed by atoms with Crippen molar-refractivity contribution in [1.29, 1.82) is 0 Å². The minimum Gasteiger partial charge on any atom is -0.484 e. The molecule has 0 spiro atoms. The number of aryl methyl sites for hydroxylation is 2.